The zero-order valence-electron chi connectivity index (χ0n) is 12.2. The number of fused-ring (bicyclic) bond motifs is 1. The maximum Gasteiger partial charge on any atom is 0.326 e. The van der Waals surface area contributed by atoms with E-state index in [1.807, 2.05) is 0 Å². The molecule has 0 aromatic carbocycles. The van der Waals surface area contributed by atoms with Crippen LogP contribution in [0.15, 0.2) is 5.38 Å². The van der Waals surface area contributed by atoms with E-state index in [4.69, 9.17) is 10.8 Å². The van der Waals surface area contributed by atoms with E-state index in [-0.39, 0.29) is 0 Å². The normalized spacial score (nSPS) is 28.2. The summed E-state index contributed by atoms with van der Waals surface area (Å²) in [5, 5.41) is 11.6. The molecule has 0 saturated carbocycles. The molecule has 1 aromatic heterocycles. The minimum Gasteiger partial charge on any atom is -0.480 e. The van der Waals surface area contributed by atoms with Crippen molar-refractivity contribution in [1.82, 2.24) is 9.88 Å². The van der Waals surface area contributed by atoms with Gasteiger partial charge in [-0.05, 0) is 38.8 Å². The van der Waals surface area contributed by atoms with Crippen molar-refractivity contribution in [1.29, 1.82) is 0 Å². The molecular formula is C14H22N4O2S. The van der Waals surface area contributed by atoms with Gasteiger partial charge in [-0.25, -0.2) is 4.98 Å². The molecule has 3 rings (SSSR count). The number of carboxylic acids is 1. The van der Waals surface area contributed by atoms with Crippen molar-refractivity contribution in [3.8, 4) is 0 Å². The molecule has 21 heavy (non-hydrogen) atoms. The maximum absolute atomic E-state index is 10.9. The summed E-state index contributed by atoms with van der Waals surface area (Å²) in [6.45, 7) is 3.21. The fourth-order valence-corrected chi connectivity index (χ4v) is 4.42. The van der Waals surface area contributed by atoms with Crippen molar-refractivity contribution in [3.63, 3.8) is 0 Å². The van der Waals surface area contributed by atoms with Crippen LogP contribution in [0.4, 0.5) is 5.13 Å². The summed E-state index contributed by atoms with van der Waals surface area (Å²) in [6, 6.07) is -0.330. The first-order chi connectivity index (χ1) is 10.1. The number of aliphatic carboxylic acids is 1. The molecule has 2 aliphatic heterocycles. The SMILES string of the molecule is CN1CCCC2CN(c3nc(C(N)C(=O)O)cs3)CCC21. The number of aromatic nitrogens is 1. The van der Waals surface area contributed by atoms with E-state index in [1.165, 1.54) is 30.7 Å². The van der Waals surface area contributed by atoms with Crippen molar-refractivity contribution >= 4 is 22.4 Å². The van der Waals surface area contributed by atoms with Gasteiger partial charge in [-0.1, -0.05) is 0 Å². The van der Waals surface area contributed by atoms with Crippen LogP contribution >= 0.6 is 11.3 Å². The summed E-state index contributed by atoms with van der Waals surface area (Å²) in [5.74, 6) is -0.336. The second-order valence-corrected chi connectivity index (χ2v) is 6.89. The number of piperidine rings is 2. The fourth-order valence-electron chi connectivity index (χ4n) is 3.52. The summed E-state index contributed by atoms with van der Waals surface area (Å²) in [4.78, 5) is 20.1. The number of rotatable bonds is 3. The molecule has 116 valence electrons. The van der Waals surface area contributed by atoms with Crippen LogP contribution < -0.4 is 10.6 Å². The minimum absolute atomic E-state index is 0.463. The van der Waals surface area contributed by atoms with Crippen molar-refractivity contribution < 1.29 is 9.90 Å². The molecule has 0 aliphatic carbocycles. The topological polar surface area (TPSA) is 82.7 Å². The number of carbonyl (C=O) groups is 1. The molecule has 0 spiro atoms. The van der Waals surface area contributed by atoms with Crippen LogP contribution in [0.1, 0.15) is 31.0 Å². The minimum atomic E-state index is -1.03. The van der Waals surface area contributed by atoms with Gasteiger partial charge in [0.2, 0.25) is 0 Å². The van der Waals surface area contributed by atoms with Crippen LogP contribution in [0.25, 0.3) is 0 Å². The number of anilines is 1. The Hall–Kier alpha value is -1.18. The Balaban J connectivity index is 1.69. The Morgan fingerprint density at radius 1 is 1.52 bits per heavy atom. The third-order valence-electron chi connectivity index (χ3n) is 4.71. The zero-order chi connectivity index (χ0) is 15.0. The van der Waals surface area contributed by atoms with E-state index >= 15 is 0 Å². The second-order valence-electron chi connectivity index (χ2n) is 6.06. The van der Waals surface area contributed by atoms with Crippen molar-refractivity contribution in [2.24, 2.45) is 11.7 Å². The van der Waals surface area contributed by atoms with Crippen LogP contribution in [-0.4, -0.2) is 53.7 Å². The smallest absolute Gasteiger partial charge is 0.326 e. The lowest BCUT2D eigenvalue weighted by atomic mass is 9.84. The molecule has 7 heteroatoms. The molecule has 2 aliphatic rings. The van der Waals surface area contributed by atoms with Gasteiger partial charge in [0.15, 0.2) is 5.13 Å². The highest BCUT2D eigenvalue weighted by atomic mass is 32.1. The summed E-state index contributed by atoms with van der Waals surface area (Å²) in [7, 11) is 2.22. The third-order valence-corrected chi connectivity index (χ3v) is 5.63. The Kier molecular flexibility index (Phi) is 4.14. The number of nitrogens with zero attached hydrogens (tertiary/aromatic N) is 3. The number of nitrogens with two attached hydrogens (primary N) is 1. The molecule has 3 heterocycles. The van der Waals surface area contributed by atoms with E-state index in [0.29, 0.717) is 17.7 Å². The molecule has 2 saturated heterocycles. The summed E-state index contributed by atoms with van der Waals surface area (Å²) < 4.78 is 0. The number of carboxylic acid groups (broad SMARTS) is 1. The standard InChI is InChI=1S/C14H22N4O2S/c1-17-5-2-3-9-7-18(6-4-11(9)17)14-16-10(8-21-14)12(15)13(19)20/h8-9,11-12H,2-7,15H2,1H3,(H,19,20). The first kappa shape index (κ1) is 14.7. The summed E-state index contributed by atoms with van der Waals surface area (Å²) >= 11 is 1.50. The molecule has 2 fully saturated rings. The lowest BCUT2D eigenvalue weighted by Crippen LogP contribution is -2.52. The molecule has 0 radical (unpaired) electrons. The molecule has 0 amide bonds. The van der Waals surface area contributed by atoms with Gasteiger partial charge in [0.05, 0.1) is 5.69 Å². The van der Waals surface area contributed by atoms with Gasteiger partial charge in [0.1, 0.15) is 6.04 Å². The van der Waals surface area contributed by atoms with E-state index in [0.717, 1.165) is 24.6 Å². The molecule has 3 unspecified atom stereocenters. The van der Waals surface area contributed by atoms with E-state index in [1.54, 1.807) is 5.38 Å². The van der Waals surface area contributed by atoms with Gasteiger partial charge in [-0.3, -0.25) is 4.79 Å². The van der Waals surface area contributed by atoms with E-state index < -0.39 is 12.0 Å². The van der Waals surface area contributed by atoms with Crippen LogP contribution in [-0.2, 0) is 4.79 Å². The predicted molar refractivity (Wildman–Crippen MR) is 82.7 cm³/mol. The second kappa shape index (κ2) is 5.90. The predicted octanol–water partition coefficient (Wildman–Crippen LogP) is 1.15. The summed E-state index contributed by atoms with van der Waals surface area (Å²) in [6.07, 6.45) is 3.69. The average Bonchev–Trinajstić information content (AvgIpc) is 2.96. The molecule has 1 aromatic rings. The first-order valence-corrected chi connectivity index (χ1v) is 8.33. The average molecular weight is 310 g/mol. The number of thiazole rings is 1. The molecule has 6 nitrogen and oxygen atoms in total. The van der Waals surface area contributed by atoms with Gasteiger partial charge >= 0.3 is 5.97 Å². The molecular weight excluding hydrogens is 288 g/mol. The lowest BCUT2D eigenvalue weighted by Gasteiger charge is -2.45. The van der Waals surface area contributed by atoms with Crippen molar-refractivity contribution in [2.45, 2.75) is 31.3 Å². The summed E-state index contributed by atoms with van der Waals surface area (Å²) in [5.41, 5.74) is 6.09. The van der Waals surface area contributed by atoms with Crippen LogP contribution in [0.3, 0.4) is 0 Å². The van der Waals surface area contributed by atoms with Crippen molar-refractivity contribution in [2.75, 3.05) is 31.6 Å². The quantitative estimate of drug-likeness (QED) is 0.871. The van der Waals surface area contributed by atoms with Crippen LogP contribution in [0.2, 0.25) is 0 Å². The van der Waals surface area contributed by atoms with Crippen LogP contribution in [0, 0.1) is 5.92 Å². The molecule has 0 bridgehead atoms. The highest BCUT2D eigenvalue weighted by Crippen LogP contribution is 2.33. The van der Waals surface area contributed by atoms with E-state index in [2.05, 4.69) is 21.8 Å². The van der Waals surface area contributed by atoms with E-state index in [9.17, 15) is 4.79 Å². The van der Waals surface area contributed by atoms with Gasteiger partial charge in [0.25, 0.3) is 0 Å². The largest absolute Gasteiger partial charge is 0.480 e. The Bertz CT molecular complexity index is 521. The zero-order valence-corrected chi connectivity index (χ0v) is 13.1. The third kappa shape index (κ3) is 2.90. The highest BCUT2D eigenvalue weighted by Gasteiger charge is 2.35. The molecule has 3 N–H and O–H groups in total. The fraction of sp³-hybridized carbons (Fsp3) is 0.714. The van der Waals surface area contributed by atoms with Crippen LogP contribution in [0.5, 0.6) is 0 Å². The number of hydrogen-bond acceptors (Lipinski definition) is 6. The Labute approximate surface area is 128 Å². The Morgan fingerprint density at radius 2 is 2.33 bits per heavy atom. The number of hydrogen-bond donors (Lipinski definition) is 2. The maximum atomic E-state index is 10.9. The lowest BCUT2D eigenvalue weighted by molar-refractivity contribution is -0.138. The van der Waals surface area contributed by atoms with Gasteiger partial charge in [0, 0.05) is 24.5 Å². The first-order valence-electron chi connectivity index (χ1n) is 7.45. The number of likely N-dealkylation sites (tertiary alicyclic amines) is 1. The van der Waals surface area contributed by atoms with Gasteiger partial charge in [-0.2, -0.15) is 0 Å². The van der Waals surface area contributed by atoms with Gasteiger partial charge in [-0.15, -0.1) is 11.3 Å². The Morgan fingerprint density at radius 3 is 3.10 bits per heavy atom. The molecule has 3 atom stereocenters. The monoisotopic (exact) mass is 310 g/mol. The van der Waals surface area contributed by atoms with Gasteiger partial charge < -0.3 is 20.6 Å². The highest BCUT2D eigenvalue weighted by molar-refractivity contribution is 7.13. The van der Waals surface area contributed by atoms with Crippen molar-refractivity contribution in [3.05, 3.63) is 11.1 Å².